The van der Waals surface area contributed by atoms with Crippen LogP contribution in [0.25, 0.3) is 0 Å². The van der Waals surface area contributed by atoms with Gasteiger partial charge in [-0.3, -0.25) is 9.69 Å². The van der Waals surface area contributed by atoms with Crippen LogP contribution >= 0.6 is 0 Å². The molecule has 1 aromatic rings. The first kappa shape index (κ1) is 20.0. The second-order valence-electron chi connectivity index (χ2n) is 7.85. The second-order valence-corrected chi connectivity index (χ2v) is 7.85. The molecule has 0 bridgehead atoms. The highest BCUT2D eigenvalue weighted by Crippen LogP contribution is 2.41. The Balaban J connectivity index is 1.93. The van der Waals surface area contributed by atoms with Gasteiger partial charge in [-0.2, -0.15) is 4.99 Å². The Hall–Kier alpha value is -2.77. The van der Waals surface area contributed by atoms with E-state index in [1.807, 2.05) is 36.9 Å². The van der Waals surface area contributed by atoms with Crippen molar-refractivity contribution in [2.24, 2.45) is 27.4 Å². The standard InChI is InChI=1S/C20H30N6O2/c1-13(2)11-17(27)23-15-8-7-14(12-16(15)28-3)26-19(22)24-18(21)25-20(26)9-5-4-6-10-20/h7-8,12-13H,4-6,9-11H2,1-3H3,(H,23,27)(H4,21,22,24,25). The normalized spacial score (nSPS) is 18.6. The highest BCUT2D eigenvalue weighted by Gasteiger charge is 2.42. The van der Waals surface area contributed by atoms with Gasteiger partial charge in [0.2, 0.25) is 17.8 Å². The van der Waals surface area contributed by atoms with E-state index >= 15 is 0 Å². The molecule has 5 N–H and O–H groups in total. The third-order valence-electron chi connectivity index (χ3n) is 5.16. The van der Waals surface area contributed by atoms with Crippen molar-refractivity contribution in [2.75, 3.05) is 17.3 Å². The number of carbonyl (C=O) groups excluding carboxylic acids is 1. The lowest BCUT2D eigenvalue weighted by Gasteiger charge is -2.45. The maximum Gasteiger partial charge on any atom is 0.224 e. The van der Waals surface area contributed by atoms with E-state index in [1.54, 1.807) is 7.11 Å². The number of nitrogens with two attached hydrogens (primary N) is 2. The van der Waals surface area contributed by atoms with Crippen molar-refractivity contribution in [3.63, 3.8) is 0 Å². The Bertz CT molecular complexity index is 796. The molecule has 8 nitrogen and oxygen atoms in total. The van der Waals surface area contributed by atoms with Gasteiger partial charge in [-0.15, -0.1) is 0 Å². The molecular weight excluding hydrogens is 356 g/mol. The summed E-state index contributed by atoms with van der Waals surface area (Å²) in [6.07, 6.45) is 5.46. The van der Waals surface area contributed by atoms with Gasteiger partial charge in [-0.25, -0.2) is 4.99 Å². The maximum atomic E-state index is 12.2. The Labute approximate surface area is 166 Å². The lowest BCUT2D eigenvalue weighted by molar-refractivity contribution is -0.116. The van der Waals surface area contributed by atoms with Crippen molar-refractivity contribution in [3.8, 4) is 5.75 Å². The molecule has 0 saturated heterocycles. The first-order valence-electron chi connectivity index (χ1n) is 9.82. The van der Waals surface area contributed by atoms with E-state index in [-0.39, 0.29) is 17.8 Å². The zero-order chi connectivity index (χ0) is 20.3. The summed E-state index contributed by atoms with van der Waals surface area (Å²) in [4.78, 5) is 23.0. The predicted molar refractivity (Wildman–Crippen MR) is 113 cm³/mol. The fourth-order valence-electron chi connectivity index (χ4n) is 3.99. The van der Waals surface area contributed by atoms with Gasteiger partial charge in [-0.1, -0.05) is 20.3 Å². The molecule has 1 fully saturated rings. The van der Waals surface area contributed by atoms with Gasteiger partial charge < -0.3 is 21.5 Å². The van der Waals surface area contributed by atoms with Gasteiger partial charge in [0, 0.05) is 12.5 Å². The molecule has 152 valence electrons. The first-order valence-corrected chi connectivity index (χ1v) is 9.82. The lowest BCUT2D eigenvalue weighted by atomic mass is 9.87. The minimum absolute atomic E-state index is 0.0405. The van der Waals surface area contributed by atoms with E-state index < -0.39 is 5.66 Å². The Kier molecular flexibility index (Phi) is 5.76. The zero-order valence-electron chi connectivity index (χ0n) is 16.9. The van der Waals surface area contributed by atoms with Crippen molar-refractivity contribution in [3.05, 3.63) is 18.2 Å². The summed E-state index contributed by atoms with van der Waals surface area (Å²) in [6, 6.07) is 5.60. The number of hydrogen-bond acceptors (Lipinski definition) is 7. The summed E-state index contributed by atoms with van der Waals surface area (Å²) in [5.41, 5.74) is 13.1. The number of carbonyl (C=O) groups is 1. The molecule has 1 aliphatic carbocycles. The van der Waals surface area contributed by atoms with Gasteiger partial charge >= 0.3 is 0 Å². The molecule has 8 heteroatoms. The number of nitrogens with one attached hydrogen (secondary N) is 1. The van der Waals surface area contributed by atoms with Crippen LogP contribution in [0.4, 0.5) is 11.4 Å². The lowest BCUT2D eigenvalue weighted by Crippen LogP contribution is -2.58. The van der Waals surface area contributed by atoms with Crippen LogP contribution in [0.2, 0.25) is 0 Å². The molecule has 1 aromatic carbocycles. The Morgan fingerprint density at radius 3 is 2.64 bits per heavy atom. The fourth-order valence-corrected chi connectivity index (χ4v) is 3.99. The highest BCUT2D eigenvalue weighted by molar-refractivity contribution is 6.06. The van der Waals surface area contributed by atoms with Crippen molar-refractivity contribution in [1.29, 1.82) is 0 Å². The fraction of sp³-hybridized carbons (Fsp3) is 0.550. The van der Waals surface area contributed by atoms with Crippen LogP contribution in [0.5, 0.6) is 5.75 Å². The van der Waals surface area contributed by atoms with Crippen LogP contribution in [0.1, 0.15) is 52.4 Å². The second kappa shape index (κ2) is 8.08. The van der Waals surface area contributed by atoms with Crippen LogP contribution < -0.4 is 26.4 Å². The van der Waals surface area contributed by atoms with Gasteiger partial charge in [0.25, 0.3) is 0 Å². The van der Waals surface area contributed by atoms with E-state index in [4.69, 9.17) is 16.2 Å². The minimum Gasteiger partial charge on any atom is -0.494 e. The molecule has 0 aromatic heterocycles. The number of anilines is 2. The quantitative estimate of drug-likeness (QED) is 0.719. The van der Waals surface area contributed by atoms with Crippen molar-refractivity contribution in [2.45, 2.75) is 58.0 Å². The van der Waals surface area contributed by atoms with Crippen LogP contribution in [-0.4, -0.2) is 30.6 Å². The highest BCUT2D eigenvalue weighted by atomic mass is 16.5. The zero-order valence-corrected chi connectivity index (χ0v) is 16.9. The summed E-state index contributed by atoms with van der Waals surface area (Å²) in [7, 11) is 1.58. The van der Waals surface area contributed by atoms with Crippen molar-refractivity contribution in [1.82, 2.24) is 0 Å². The van der Waals surface area contributed by atoms with Gasteiger partial charge in [0.1, 0.15) is 11.4 Å². The molecule has 1 saturated carbocycles. The van der Waals surface area contributed by atoms with Crippen LogP contribution in [0.3, 0.4) is 0 Å². The smallest absolute Gasteiger partial charge is 0.224 e. The van der Waals surface area contributed by atoms with Gasteiger partial charge in [0.15, 0.2) is 0 Å². The van der Waals surface area contributed by atoms with Crippen molar-refractivity contribution < 1.29 is 9.53 Å². The van der Waals surface area contributed by atoms with Gasteiger partial charge in [0.05, 0.1) is 18.5 Å². The summed E-state index contributed by atoms with van der Waals surface area (Å²) >= 11 is 0. The average Bonchev–Trinajstić information content (AvgIpc) is 2.62. The molecule has 2 aliphatic rings. The minimum atomic E-state index is -0.512. The third kappa shape index (κ3) is 4.05. The monoisotopic (exact) mass is 386 g/mol. The summed E-state index contributed by atoms with van der Waals surface area (Å²) in [5, 5.41) is 2.92. The van der Waals surface area contributed by atoms with E-state index in [2.05, 4.69) is 15.3 Å². The number of hydrogen-bond donors (Lipinski definition) is 3. The third-order valence-corrected chi connectivity index (χ3v) is 5.16. The molecule has 28 heavy (non-hydrogen) atoms. The Morgan fingerprint density at radius 2 is 2.00 bits per heavy atom. The largest absolute Gasteiger partial charge is 0.494 e. The van der Waals surface area contributed by atoms with E-state index in [0.29, 0.717) is 23.8 Å². The molecule has 0 unspecified atom stereocenters. The summed E-state index contributed by atoms with van der Waals surface area (Å²) < 4.78 is 5.53. The maximum absolute atomic E-state index is 12.2. The molecule has 0 radical (unpaired) electrons. The number of amides is 1. The molecule has 1 aliphatic heterocycles. The van der Waals surface area contributed by atoms with Crippen LogP contribution in [-0.2, 0) is 4.79 Å². The number of aliphatic imine (C=N–C) groups is 2. The summed E-state index contributed by atoms with van der Waals surface area (Å²) in [6.45, 7) is 4.02. The van der Waals surface area contributed by atoms with Crippen LogP contribution in [0.15, 0.2) is 28.2 Å². The molecule has 1 spiro atoms. The van der Waals surface area contributed by atoms with E-state index in [9.17, 15) is 4.79 Å². The first-order chi connectivity index (χ1) is 13.3. The Morgan fingerprint density at radius 1 is 1.29 bits per heavy atom. The SMILES string of the molecule is COc1cc(N2C(N)=NC(N)=NC23CCCCC3)ccc1NC(=O)CC(C)C. The van der Waals surface area contributed by atoms with E-state index in [0.717, 1.165) is 31.4 Å². The van der Waals surface area contributed by atoms with Gasteiger partial charge in [-0.05, 0) is 43.7 Å². The molecule has 3 rings (SSSR count). The number of guanidine groups is 2. The van der Waals surface area contributed by atoms with Crippen molar-refractivity contribution >= 4 is 29.2 Å². The van der Waals surface area contributed by atoms with Crippen LogP contribution in [0, 0.1) is 5.92 Å². The molecule has 0 atom stereocenters. The predicted octanol–water partition coefficient (Wildman–Crippen LogP) is 2.79. The number of nitrogens with zero attached hydrogens (tertiary/aromatic N) is 3. The molecule has 1 amide bonds. The number of methoxy groups -OCH3 is 1. The van der Waals surface area contributed by atoms with E-state index in [1.165, 1.54) is 6.42 Å². The molecular formula is C20H30N6O2. The summed E-state index contributed by atoms with van der Waals surface area (Å²) in [5.74, 6) is 1.36. The number of ether oxygens (including phenoxy) is 1. The average molecular weight is 387 g/mol. The number of rotatable bonds is 5. The molecule has 1 heterocycles. The number of benzene rings is 1. The topological polar surface area (TPSA) is 118 Å².